The molecule has 2 atom stereocenters. The summed E-state index contributed by atoms with van der Waals surface area (Å²) < 4.78 is 6.42. The highest BCUT2D eigenvalue weighted by molar-refractivity contribution is 7.80. The topological polar surface area (TPSA) is 54.2 Å². The number of benzene rings is 1. The molecule has 0 bridgehead atoms. The van der Waals surface area contributed by atoms with E-state index in [1.54, 1.807) is 18.6 Å². The maximum absolute atomic E-state index is 6.42. The van der Waals surface area contributed by atoms with Crippen molar-refractivity contribution in [3.63, 3.8) is 0 Å². The second-order valence-corrected chi connectivity index (χ2v) is 8.59. The standard InChI is InChI=1S/C25H21ClN4OS/c1-16-5-6-18(26)14-19(16)21-7-8-22(31-21)24-23(20-4-2-3-11-28-20)29-25(32)30(24)15-17-9-12-27-13-10-17/h2-14,23-24H,15H2,1H3,(H,29,32)/t23-,24-/m0/s1. The monoisotopic (exact) mass is 460 g/mol. The molecule has 0 spiro atoms. The first-order valence-electron chi connectivity index (χ1n) is 10.3. The van der Waals surface area contributed by atoms with Gasteiger partial charge >= 0.3 is 0 Å². The number of nitrogens with one attached hydrogen (secondary N) is 1. The zero-order valence-electron chi connectivity index (χ0n) is 17.4. The Bertz CT molecular complexity index is 1250. The van der Waals surface area contributed by atoms with E-state index in [-0.39, 0.29) is 12.1 Å². The summed E-state index contributed by atoms with van der Waals surface area (Å²) in [4.78, 5) is 10.9. The molecular weight excluding hydrogens is 440 g/mol. The van der Waals surface area contributed by atoms with Crippen molar-refractivity contribution < 1.29 is 4.42 Å². The van der Waals surface area contributed by atoms with Crippen molar-refractivity contribution in [3.05, 3.63) is 107 Å². The number of hydrogen-bond donors (Lipinski definition) is 1. The first-order chi connectivity index (χ1) is 15.6. The van der Waals surface area contributed by atoms with Crippen LogP contribution in [0.5, 0.6) is 0 Å². The molecule has 1 saturated heterocycles. The van der Waals surface area contributed by atoms with Gasteiger partial charge in [-0.2, -0.15) is 0 Å². The van der Waals surface area contributed by atoms with Crippen molar-refractivity contribution >= 4 is 28.9 Å². The van der Waals surface area contributed by atoms with E-state index in [1.165, 1.54) is 0 Å². The molecule has 0 saturated carbocycles. The van der Waals surface area contributed by atoms with E-state index in [0.717, 1.165) is 33.9 Å². The molecule has 4 aromatic rings. The zero-order valence-corrected chi connectivity index (χ0v) is 19.0. The third-order valence-corrected chi connectivity index (χ3v) is 6.27. The van der Waals surface area contributed by atoms with Gasteiger partial charge in [-0.3, -0.25) is 9.97 Å². The minimum Gasteiger partial charge on any atom is -0.459 e. The van der Waals surface area contributed by atoms with Crippen LogP contribution in [0.2, 0.25) is 5.02 Å². The Labute approximate surface area is 197 Å². The molecule has 1 N–H and O–H groups in total. The van der Waals surface area contributed by atoms with E-state index in [2.05, 4.69) is 20.2 Å². The van der Waals surface area contributed by atoms with Crippen LogP contribution in [0.1, 0.15) is 34.7 Å². The van der Waals surface area contributed by atoms with Crippen molar-refractivity contribution in [2.75, 3.05) is 0 Å². The van der Waals surface area contributed by atoms with Crippen molar-refractivity contribution in [2.45, 2.75) is 25.6 Å². The van der Waals surface area contributed by atoms with E-state index in [9.17, 15) is 0 Å². The lowest BCUT2D eigenvalue weighted by molar-refractivity contribution is 0.269. The van der Waals surface area contributed by atoms with Crippen molar-refractivity contribution in [3.8, 4) is 11.3 Å². The maximum Gasteiger partial charge on any atom is 0.170 e. The number of rotatable bonds is 5. The first-order valence-corrected chi connectivity index (χ1v) is 11.1. The smallest absolute Gasteiger partial charge is 0.170 e. The SMILES string of the molecule is Cc1ccc(Cl)cc1-c1ccc([C@H]2[C@H](c3ccccn3)NC(=S)N2Cc2ccncc2)o1. The van der Waals surface area contributed by atoms with Gasteiger partial charge in [0.15, 0.2) is 5.11 Å². The quantitative estimate of drug-likeness (QED) is 0.376. The van der Waals surface area contributed by atoms with Crippen LogP contribution in [0.3, 0.4) is 0 Å². The lowest BCUT2D eigenvalue weighted by Gasteiger charge is -2.26. The molecule has 0 aliphatic carbocycles. The normalized spacial score (nSPS) is 18.1. The highest BCUT2D eigenvalue weighted by Crippen LogP contribution is 2.41. The molecular formula is C25H21ClN4OS. The number of aryl methyl sites for hydroxylation is 1. The molecule has 0 unspecified atom stereocenters. The number of thiocarbonyl (C=S) groups is 1. The number of nitrogens with zero attached hydrogens (tertiary/aromatic N) is 3. The Balaban J connectivity index is 1.56. The summed E-state index contributed by atoms with van der Waals surface area (Å²) in [5.41, 5.74) is 4.11. The van der Waals surface area contributed by atoms with Crippen LogP contribution in [0.25, 0.3) is 11.3 Å². The van der Waals surface area contributed by atoms with Gasteiger partial charge < -0.3 is 14.6 Å². The molecule has 4 heterocycles. The summed E-state index contributed by atoms with van der Waals surface area (Å²) in [5.74, 6) is 1.60. The van der Waals surface area contributed by atoms with Gasteiger partial charge in [0.25, 0.3) is 0 Å². The van der Waals surface area contributed by atoms with E-state index < -0.39 is 0 Å². The van der Waals surface area contributed by atoms with Crippen LogP contribution in [-0.4, -0.2) is 20.0 Å². The summed E-state index contributed by atoms with van der Waals surface area (Å²) in [6.07, 6.45) is 5.38. The van der Waals surface area contributed by atoms with E-state index in [4.69, 9.17) is 28.2 Å². The van der Waals surface area contributed by atoms with Gasteiger partial charge in [-0.05, 0) is 78.8 Å². The Hall–Kier alpha value is -3.22. The minimum atomic E-state index is -0.154. The fourth-order valence-corrected chi connectivity index (χ4v) is 4.56. The van der Waals surface area contributed by atoms with Gasteiger partial charge in [0.05, 0.1) is 11.7 Å². The summed E-state index contributed by atoms with van der Waals surface area (Å²) in [6.45, 7) is 2.68. The van der Waals surface area contributed by atoms with E-state index in [1.807, 2.05) is 67.6 Å². The molecule has 1 aliphatic heterocycles. The average Bonchev–Trinajstić information content (AvgIpc) is 3.42. The molecule has 1 fully saturated rings. The van der Waals surface area contributed by atoms with Crippen LogP contribution < -0.4 is 5.32 Å². The zero-order chi connectivity index (χ0) is 22.1. The van der Waals surface area contributed by atoms with Crippen LogP contribution in [0, 0.1) is 6.92 Å². The number of hydrogen-bond acceptors (Lipinski definition) is 4. The van der Waals surface area contributed by atoms with Crippen LogP contribution in [-0.2, 0) is 6.54 Å². The molecule has 1 aromatic carbocycles. The third-order valence-electron chi connectivity index (χ3n) is 5.68. The van der Waals surface area contributed by atoms with Gasteiger partial charge in [0, 0.05) is 35.7 Å². The van der Waals surface area contributed by atoms with Crippen molar-refractivity contribution in [1.29, 1.82) is 0 Å². The predicted octanol–water partition coefficient (Wildman–Crippen LogP) is 5.87. The first kappa shape index (κ1) is 20.7. The number of pyridine rings is 2. The molecule has 0 amide bonds. The Kier molecular flexibility index (Phi) is 5.64. The Morgan fingerprint density at radius 2 is 1.91 bits per heavy atom. The van der Waals surface area contributed by atoms with Gasteiger partial charge in [-0.15, -0.1) is 0 Å². The highest BCUT2D eigenvalue weighted by atomic mass is 35.5. The fraction of sp³-hybridized carbons (Fsp3) is 0.160. The number of furan rings is 1. The molecule has 32 heavy (non-hydrogen) atoms. The lowest BCUT2D eigenvalue weighted by atomic mass is 10.0. The van der Waals surface area contributed by atoms with Crippen LogP contribution in [0.4, 0.5) is 0 Å². The fourth-order valence-electron chi connectivity index (χ4n) is 4.09. The maximum atomic E-state index is 6.42. The molecule has 160 valence electrons. The van der Waals surface area contributed by atoms with Crippen LogP contribution >= 0.6 is 23.8 Å². The van der Waals surface area contributed by atoms with E-state index >= 15 is 0 Å². The Morgan fingerprint density at radius 1 is 1.06 bits per heavy atom. The number of halogens is 1. The van der Waals surface area contributed by atoms with Gasteiger partial charge in [0.1, 0.15) is 17.6 Å². The highest BCUT2D eigenvalue weighted by Gasteiger charge is 2.41. The van der Waals surface area contributed by atoms with E-state index in [0.29, 0.717) is 16.7 Å². The summed E-state index contributed by atoms with van der Waals surface area (Å²) in [5, 5.41) is 4.80. The third kappa shape index (κ3) is 3.99. The Morgan fingerprint density at radius 3 is 2.69 bits per heavy atom. The summed E-state index contributed by atoms with van der Waals surface area (Å²) in [7, 11) is 0. The average molecular weight is 461 g/mol. The van der Waals surface area contributed by atoms with Crippen LogP contribution in [0.15, 0.2) is 83.7 Å². The molecule has 5 rings (SSSR count). The summed E-state index contributed by atoms with van der Waals surface area (Å²) >= 11 is 12.0. The van der Waals surface area contributed by atoms with Crippen molar-refractivity contribution in [2.24, 2.45) is 0 Å². The van der Waals surface area contributed by atoms with Crippen molar-refractivity contribution in [1.82, 2.24) is 20.2 Å². The predicted molar refractivity (Wildman–Crippen MR) is 129 cm³/mol. The summed E-state index contributed by atoms with van der Waals surface area (Å²) in [6, 6.07) is 19.4. The van der Waals surface area contributed by atoms with Gasteiger partial charge in [0.2, 0.25) is 0 Å². The molecule has 1 aliphatic rings. The second kappa shape index (κ2) is 8.73. The van der Waals surface area contributed by atoms with Gasteiger partial charge in [-0.25, -0.2) is 0 Å². The second-order valence-electron chi connectivity index (χ2n) is 7.77. The minimum absolute atomic E-state index is 0.134. The van der Waals surface area contributed by atoms with Gasteiger partial charge in [-0.1, -0.05) is 23.7 Å². The molecule has 5 nitrogen and oxygen atoms in total. The molecule has 7 heteroatoms. The largest absolute Gasteiger partial charge is 0.459 e. The molecule has 3 aromatic heterocycles. The molecule has 0 radical (unpaired) electrons. The lowest BCUT2D eigenvalue weighted by Crippen LogP contribution is -2.29. The number of aromatic nitrogens is 2.